The molecule has 1 aromatic heterocycles. The Hall–Kier alpha value is -2.66. The molecule has 2 heterocycles. The third-order valence-electron chi connectivity index (χ3n) is 9.12. The van der Waals surface area contributed by atoms with Crippen molar-refractivity contribution in [1.82, 2.24) is 9.88 Å². The van der Waals surface area contributed by atoms with E-state index >= 15 is 0 Å². The van der Waals surface area contributed by atoms with E-state index in [-0.39, 0.29) is 66.1 Å². The van der Waals surface area contributed by atoms with Crippen LogP contribution in [-0.2, 0) is 9.59 Å². The minimum Gasteiger partial charge on any atom is -0.481 e. The number of Topliss-reactive ketones (excluding diaryl/α,β-unsaturated/α-hetero) is 1. The molecule has 2 unspecified atom stereocenters. The highest BCUT2D eigenvalue weighted by atomic mass is 35.5. The molecule has 0 radical (unpaired) electrons. The average molecular weight is 632 g/mol. The van der Waals surface area contributed by atoms with Crippen LogP contribution in [0.1, 0.15) is 81.5 Å². The van der Waals surface area contributed by atoms with Crippen LogP contribution in [0.3, 0.4) is 0 Å². The van der Waals surface area contributed by atoms with Gasteiger partial charge >= 0.3 is 12.1 Å². The van der Waals surface area contributed by atoms with E-state index in [9.17, 15) is 32.7 Å². The molecular weight excluding hydrogens is 596 g/mol. The van der Waals surface area contributed by atoms with Gasteiger partial charge in [-0.1, -0.05) is 55.3 Å². The topological polar surface area (TPSA) is 126 Å². The number of aromatic nitrogens is 1. The van der Waals surface area contributed by atoms with E-state index in [4.69, 9.17) is 28.9 Å². The Labute approximate surface area is 252 Å². The number of aliphatic carboxylic acids is 1. The van der Waals surface area contributed by atoms with Gasteiger partial charge in [-0.3, -0.25) is 24.4 Å². The number of amides is 1. The number of hydrogen-bond acceptors (Lipinski definition) is 6. The number of carboxylic acid groups (broad SMARTS) is 1. The lowest BCUT2D eigenvalue weighted by atomic mass is 9.74. The molecule has 1 amide bonds. The molecule has 42 heavy (non-hydrogen) atoms. The Morgan fingerprint density at radius 1 is 1.07 bits per heavy atom. The highest BCUT2D eigenvalue weighted by Crippen LogP contribution is 2.41. The van der Waals surface area contributed by atoms with Crippen molar-refractivity contribution < 1.29 is 32.7 Å². The quantitative estimate of drug-likeness (QED) is 0.208. The summed E-state index contributed by atoms with van der Waals surface area (Å²) in [6.45, 7) is 1.65. The van der Waals surface area contributed by atoms with Gasteiger partial charge in [-0.25, -0.2) is 0 Å². The molecule has 0 spiro atoms. The van der Waals surface area contributed by atoms with E-state index in [2.05, 4.69) is 9.98 Å². The van der Waals surface area contributed by atoms with Crippen LogP contribution in [0.5, 0.6) is 0 Å². The lowest BCUT2D eigenvalue weighted by molar-refractivity contribution is -0.149. The molecule has 3 aliphatic rings. The second-order valence-electron chi connectivity index (χ2n) is 11.9. The molecule has 0 bridgehead atoms. The van der Waals surface area contributed by atoms with Crippen molar-refractivity contribution in [3.63, 3.8) is 0 Å². The van der Waals surface area contributed by atoms with Crippen molar-refractivity contribution >= 4 is 46.6 Å². The van der Waals surface area contributed by atoms with Crippen molar-refractivity contribution in [2.45, 2.75) is 89.4 Å². The number of likely N-dealkylation sites (tertiary alicyclic amines) is 1. The summed E-state index contributed by atoms with van der Waals surface area (Å²) in [5.41, 5.74) is 2.34. The molecule has 1 aromatic rings. The average Bonchev–Trinajstić information content (AvgIpc) is 3.39. The number of halogens is 5. The summed E-state index contributed by atoms with van der Waals surface area (Å²) in [6.07, 6.45) is 3.80. The molecule has 1 aliphatic heterocycles. The first-order chi connectivity index (χ1) is 19.8. The summed E-state index contributed by atoms with van der Waals surface area (Å²) in [6, 6.07) is -1.94. The first-order valence-electron chi connectivity index (χ1n) is 14.2. The predicted octanol–water partition coefficient (Wildman–Crippen LogP) is 6.25. The SMILES string of the molecule is CC1(C(=O)O)CCC(N=C(C(=CN)C(=O)N2CC(C3CCCCC3)CC2C(=O)c2c(Cl)cncc2Cl)C(F)(F)F)CC1. The first kappa shape index (κ1) is 32.3. The summed E-state index contributed by atoms with van der Waals surface area (Å²) in [5.74, 6) is -2.49. The third-order valence-corrected chi connectivity index (χ3v) is 9.69. The number of carboxylic acids is 1. The molecule has 3 N–H and O–H groups in total. The Kier molecular flexibility index (Phi) is 9.92. The van der Waals surface area contributed by atoms with Gasteiger partial charge in [0.15, 0.2) is 11.5 Å². The van der Waals surface area contributed by atoms with Crippen molar-refractivity contribution in [2.75, 3.05) is 6.54 Å². The Balaban J connectivity index is 1.67. The number of carbonyl (C=O) groups excluding carboxylic acids is 2. The fourth-order valence-electron chi connectivity index (χ4n) is 6.57. The third kappa shape index (κ3) is 6.77. The van der Waals surface area contributed by atoms with Gasteiger partial charge in [0, 0.05) is 25.1 Å². The fourth-order valence-corrected chi connectivity index (χ4v) is 7.12. The number of ketones is 1. The zero-order valence-electron chi connectivity index (χ0n) is 23.3. The fraction of sp³-hybridized carbons (Fsp3) is 0.621. The standard InChI is InChI=1S/C29H35Cl2F3N4O4/c1-28(27(41)42)9-7-18(8-10-28)37-25(29(32,33)34)19(12-35)26(40)38-15-17(16-5-3-2-4-6-16)11-22(38)24(39)23-20(30)13-36-14-21(23)31/h12-14,16-18,22H,2-11,15,35H2,1H3,(H,41,42). The zero-order valence-corrected chi connectivity index (χ0v) is 24.8. The van der Waals surface area contributed by atoms with Gasteiger partial charge in [0.1, 0.15) is 0 Å². The van der Waals surface area contributed by atoms with Crippen molar-refractivity contribution in [1.29, 1.82) is 0 Å². The molecular formula is C29H35Cl2F3N4O4. The second-order valence-corrected chi connectivity index (χ2v) is 12.7. The van der Waals surface area contributed by atoms with Crippen LogP contribution in [0.15, 0.2) is 29.2 Å². The van der Waals surface area contributed by atoms with E-state index in [0.29, 0.717) is 6.20 Å². The van der Waals surface area contributed by atoms with Crippen LogP contribution < -0.4 is 5.73 Å². The maximum Gasteiger partial charge on any atom is 0.433 e. The van der Waals surface area contributed by atoms with Gasteiger partial charge in [-0.05, 0) is 50.9 Å². The van der Waals surface area contributed by atoms with Gasteiger partial charge in [0.2, 0.25) is 0 Å². The summed E-state index contributed by atoms with van der Waals surface area (Å²) in [7, 11) is 0. The Bertz CT molecular complexity index is 1250. The lowest BCUT2D eigenvalue weighted by Gasteiger charge is -2.33. The van der Waals surface area contributed by atoms with E-state index < -0.39 is 52.6 Å². The maximum absolute atomic E-state index is 14.4. The number of nitrogens with two attached hydrogens (primary N) is 1. The van der Waals surface area contributed by atoms with Crippen molar-refractivity contribution in [3.8, 4) is 0 Å². The molecule has 1 saturated heterocycles. The van der Waals surface area contributed by atoms with Crippen LogP contribution >= 0.6 is 23.2 Å². The van der Waals surface area contributed by atoms with E-state index in [1.54, 1.807) is 6.92 Å². The number of pyridine rings is 1. The van der Waals surface area contributed by atoms with Crippen LogP contribution in [0, 0.1) is 17.3 Å². The molecule has 2 saturated carbocycles. The van der Waals surface area contributed by atoms with Crippen molar-refractivity contribution in [2.24, 2.45) is 28.0 Å². The van der Waals surface area contributed by atoms with Crippen LogP contribution in [0.2, 0.25) is 10.0 Å². The number of carbonyl (C=O) groups is 3. The predicted molar refractivity (Wildman–Crippen MR) is 153 cm³/mol. The van der Waals surface area contributed by atoms with E-state index in [1.807, 2.05) is 0 Å². The van der Waals surface area contributed by atoms with Crippen LogP contribution in [0.4, 0.5) is 13.2 Å². The minimum atomic E-state index is -5.02. The second kappa shape index (κ2) is 12.9. The molecule has 0 aromatic carbocycles. The van der Waals surface area contributed by atoms with Crippen LogP contribution in [0.25, 0.3) is 0 Å². The molecule has 8 nitrogen and oxygen atoms in total. The molecule has 230 valence electrons. The molecule has 4 rings (SSSR count). The molecule has 3 fully saturated rings. The summed E-state index contributed by atoms with van der Waals surface area (Å²) in [5, 5.41) is 9.45. The van der Waals surface area contributed by atoms with E-state index in [0.717, 1.165) is 37.0 Å². The van der Waals surface area contributed by atoms with Gasteiger partial charge in [-0.15, -0.1) is 0 Å². The molecule has 2 atom stereocenters. The number of hydrogen-bond donors (Lipinski definition) is 2. The monoisotopic (exact) mass is 630 g/mol. The highest BCUT2D eigenvalue weighted by molar-refractivity contribution is 6.40. The summed E-state index contributed by atoms with van der Waals surface area (Å²) in [4.78, 5) is 48.3. The first-order valence-corrected chi connectivity index (χ1v) is 15.0. The number of nitrogens with zero attached hydrogens (tertiary/aromatic N) is 3. The summed E-state index contributed by atoms with van der Waals surface area (Å²) >= 11 is 12.5. The molecule has 13 heteroatoms. The van der Waals surface area contributed by atoms with Crippen LogP contribution in [-0.4, -0.2) is 63.2 Å². The normalized spacial score (nSPS) is 28.1. The van der Waals surface area contributed by atoms with Gasteiger partial charge < -0.3 is 15.7 Å². The lowest BCUT2D eigenvalue weighted by Crippen LogP contribution is -2.45. The molecule has 2 aliphatic carbocycles. The van der Waals surface area contributed by atoms with Gasteiger partial charge in [-0.2, -0.15) is 13.2 Å². The number of alkyl halides is 3. The Morgan fingerprint density at radius 2 is 1.67 bits per heavy atom. The minimum absolute atomic E-state index is 0.0150. The summed E-state index contributed by atoms with van der Waals surface area (Å²) < 4.78 is 43.3. The zero-order chi connectivity index (χ0) is 30.8. The van der Waals surface area contributed by atoms with Gasteiger partial charge in [0.25, 0.3) is 5.91 Å². The highest BCUT2D eigenvalue weighted by Gasteiger charge is 2.48. The smallest absolute Gasteiger partial charge is 0.433 e. The largest absolute Gasteiger partial charge is 0.481 e. The number of rotatable bonds is 7. The van der Waals surface area contributed by atoms with Crippen molar-refractivity contribution in [3.05, 3.63) is 39.8 Å². The Morgan fingerprint density at radius 3 is 2.19 bits per heavy atom. The number of aliphatic imine (C=N–C) groups is 1. The van der Waals surface area contributed by atoms with E-state index in [1.165, 1.54) is 12.4 Å². The maximum atomic E-state index is 14.4. The van der Waals surface area contributed by atoms with Gasteiger partial charge in [0.05, 0.1) is 38.7 Å².